The average molecular weight is 354 g/mol. The third kappa shape index (κ3) is 4.33. The number of nitrogens with one attached hydrogen (secondary N) is 2. The highest BCUT2D eigenvalue weighted by Gasteiger charge is 2.15. The van der Waals surface area contributed by atoms with E-state index in [1.165, 1.54) is 11.3 Å². The van der Waals surface area contributed by atoms with Crippen molar-refractivity contribution in [3.63, 3.8) is 0 Å². The fourth-order valence-corrected chi connectivity index (χ4v) is 3.10. The van der Waals surface area contributed by atoms with Crippen molar-refractivity contribution in [1.82, 2.24) is 10.2 Å². The zero-order valence-corrected chi connectivity index (χ0v) is 14.7. The molecule has 0 unspecified atom stereocenters. The summed E-state index contributed by atoms with van der Waals surface area (Å²) in [6, 6.07) is 16.8. The molecule has 7 heteroatoms. The molecule has 2 aromatic carbocycles. The summed E-state index contributed by atoms with van der Waals surface area (Å²) in [6.07, 6.45) is 0. The fraction of sp³-hybridized carbons (Fsp3) is 0.167. The van der Waals surface area contributed by atoms with Crippen molar-refractivity contribution in [2.45, 2.75) is 12.8 Å². The normalized spacial score (nSPS) is 11.6. The van der Waals surface area contributed by atoms with Gasteiger partial charge in [-0.15, -0.1) is 10.2 Å². The van der Waals surface area contributed by atoms with Crippen LogP contribution >= 0.6 is 11.3 Å². The maximum atomic E-state index is 12.1. The van der Waals surface area contributed by atoms with Crippen molar-refractivity contribution in [1.29, 1.82) is 0 Å². The number of rotatable bonds is 5. The molecule has 128 valence electrons. The van der Waals surface area contributed by atoms with E-state index in [1.807, 2.05) is 18.2 Å². The number of ether oxygens (including phenoxy) is 1. The van der Waals surface area contributed by atoms with Crippen LogP contribution in [0.3, 0.4) is 0 Å². The molecule has 1 aromatic heterocycles. The summed E-state index contributed by atoms with van der Waals surface area (Å²) in [5, 5.41) is 15.0. The van der Waals surface area contributed by atoms with Crippen LogP contribution < -0.4 is 15.4 Å². The molecule has 0 spiro atoms. The van der Waals surface area contributed by atoms with E-state index >= 15 is 0 Å². The van der Waals surface area contributed by atoms with Crippen LogP contribution in [0.1, 0.15) is 23.4 Å². The molecule has 0 saturated heterocycles. The van der Waals surface area contributed by atoms with Crippen molar-refractivity contribution in [2.24, 2.45) is 0 Å². The van der Waals surface area contributed by atoms with E-state index in [4.69, 9.17) is 4.74 Å². The van der Waals surface area contributed by atoms with Crippen molar-refractivity contribution < 1.29 is 9.53 Å². The Kier molecular flexibility index (Phi) is 5.25. The number of amides is 2. The van der Waals surface area contributed by atoms with Gasteiger partial charge < -0.3 is 10.1 Å². The van der Waals surface area contributed by atoms with Crippen LogP contribution in [-0.2, 0) is 0 Å². The molecule has 3 rings (SSSR count). The van der Waals surface area contributed by atoms with Gasteiger partial charge in [0.1, 0.15) is 10.8 Å². The Labute approximate surface area is 149 Å². The molecular weight excluding hydrogens is 336 g/mol. The predicted molar refractivity (Wildman–Crippen MR) is 99.5 cm³/mol. The Morgan fingerprint density at radius 2 is 1.76 bits per heavy atom. The smallest absolute Gasteiger partial charge is 0.325 e. The van der Waals surface area contributed by atoms with Crippen molar-refractivity contribution in [3.8, 4) is 5.75 Å². The van der Waals surface area contributed by atoms with Gasteiger partial charge in [0.05, 0.1) is 7.11 Å². The number of urea groups is 1. The molecule has 1 atom stereocenters. The molecule has 2 amide bonds. The van der Waals surface area contributed by atoms with E-state index in [9.17, 15) is 4.79 Å². The second-order valence-electron chi connectivity index (χ2n) is 5.39. The quantitative estimate of drug-likeness (QED) is 0.714. The number of carbonyl (C=O) groups excluding carboxylic acids is 1. The van der Waals surface area contributed by atoms with Gasteiger partial charge in [-0.2, -0.15) is 0 Å². The standard InChI is InChI=1S/C18H18N4O2S/c1-12(13-6-4-3-5-7-13)16-21-22-18(25-16)20-17(23)19-14-8-10-15(24-2)11-9-14/h3-12H,1-2H3,(H2,19,20,22,23)/t12-/m1/s1. The summed E-state index contributed by atoms with van der Waals surface area (Å²) in [5.41, 5.74) is 1.83. The molecule has 0 aliphatic carbocycles. The lowest BCUT2D eigenvalue weighted by atomic mass is 10.0. The molecule has 0 radical (unpaired) electrons. The zero-order valence-electron chi connectivity index (χ0n) is 13.9. The maximum absolute atomic E-state index is 12.1. The molecule has 25 heavy (non-hydrogen) atoms. The van der Waals surface area contributed by atoms with Gasteiger partial charge in [-0.3, -0.25) is 5.32 Å². The molecule has 6 nitrogen and oxygen atoms in total. The van der Waals surface area contributed by atoms with E-state index in [-0.39, 0.29) is 11.9 Å². The Bertz CT molecular complexity index is 834. The first-order valence-electron chi connectivity index (χ1n) is 7.76. The Morgan fingerprint density at radius 1 is 1.04 bits per heavy atom. The van der Waals surface area contributed by atoms with Gasteiger partial charge in [0.25, 0.3) is 0 Å². The van der Waals surface area contributed by atoms with Crippen molar-refractivity contribution >= 4 is 28.2 Å². The SMILES string of the molecule is COc1ccc(NC(=O)Nc2nnc([C@H](C)c3ccccc3)s2)cc1. The largest absolute Gasteiger partial charge is 0.497 e. The van der Waals surface area contributed by atoms with Crippen LogP contribution in [0, 0.1) is 0 Å². The lowest BCUT2D eigenvalue weighted by Crippen LogP contribution is -2.19. The Balaban J connectivity index is 1.61. The lowest BCUT2D eigenvalue weighted by Gasteiger charge is -2.07. The number of hydrogen-bond donors (Lipinski definition) is 2. The zero-order chi connectivity index (χ0) is 17.6. The van der Waals surface area contributed by atoms with Gasteiger partial charge in [-0.05, 0) is 29.8 Å². The highest BCUT2D eigenvalue weighted by Crippen LogP contribution is 2.28. The number of carbonyl (C=O) groups is 1. The highest BCUT2D eigenvalue weighted by molar-refractivity contribution is 7.15. The molecule has 0 fully saturated rings. The third-order valence-electron chi connectivity index (χ3n) is 3.68. The van der Waals surface area contributed by atoms with Crippen LogP contribution in [0.15, 0.2) is 54.6 Å². The van der Waals surface area contributed by atoms with Crippen molar-refractivity contribution in [3.05, 3.63) is 65.2 Å². The maximum Gasteiger partial charge on any atom is 0.325 e. The summed E-state index contributed by atoms with van der Waals surface area (Å²) in [4.78, 5) is 12.1. The minimum absolute atomic E-state index is 0.124. The molecule has 2 N–H and O–H groups in total. The molecular formula is C18H18N4O2S. The fourth-order valence-electron chi connectivity index (χ4n) is 2.28. The predicted octanol–water partition coefficient (Wildman–Crippen LogP) is 4.34. The minimum Gasteiger partial charge on any atom is -0.497 e. The van der Waals surface area contributed by atoms with Crippen LogP contribution in [0.5, 0.6) is 5.75 Å². The average Bonchev–Trinajstić information content (AvgIpc) is 3.10. The van der Waals surface area contributed by atoms with Gasteiger partial charge in [-0.25, -0.2) is 4.79 Å². The topological polar surface area (TPSA) is 76.1 Å². The van der Waals surface area contributed by atoms with E-state index < -0.39 is 0 Å². The van der Waals surface area contributed by atoms with Gasteiger partial charge in [-0.1, -0.05) is 48.6 Å². The molecule has 0 aliphatic rings. The molecule has 1 heterocycles. The first kappa shape index (κ1) is 16.9. The highest BCUT2D eigenvalue weighted by atomic mass is 32.1. The van der Waals surface area contributed by atoms with E-state index in [0.717, 1.165) is 16.3 Å². The Hall–Kier alpha value is -2.93. The number of benzene rings is 2. The van der Waals surface area contributed by atoms with Gasteiger partial charge in [0.2, 0.25) is 5.13 Å². The summed E-state index contributed by atoms with van der Waals surface area (Å²) in [6.45, 7) is 2.07. The minimum atomic E-state index is -0.361. The first-order valence-corrected chi connectivity index (χ1v) is 8.58. The molecule has 3 aromatic rings. The summed E-state index contributed by atoms with van der Waals surface area (Å²) >= 11 is 1.37. The summed E-state index contributed by atoms with van der Waals surface area (Å²) in [7, 11) is 1.60. The lowest BCUT2D eigenvalue weighted by molar-refractivity contribution is 0.262. The summed E-state index contributed by atoms with van der Waals surface area (Å²) < 4.78 is 5.09. The second kappa shape index (κ2) is 7.76. The van der Waals surface area contributed by atoms with E-state index in [1.54, 1.807) is 31.4 Å². The van der Waals surface area contributed by atoms with Gasteiger partial charge in [0.15, 0.2) is 0 Å². The third-order valence-corrected chi connectivity index (χ3v) is 4.70. The number of aromatic nitrogens is 2. The van der Waals surface area contributed by atoms with Gasteiger partial charge >= 0.3 is 6.03 Å². The first-order chi connectivity index (χ1) is 12.2. The van der Waals surface area contributed by atoms with Crippen LogP contribution in [0.4, 0.5) is 15.6 Å². The van der Waals surface area contributed by atoms with Crippen molar-refractivity contribution in [2.75, 3.05) is 17.7 Å². The second-order valence-corrected chi connectivity index (χ2v) is 6.39. The van der Waals surface area contributed by atoms with E-state index in [2.05, 4.69) is 39.9 Å². The summed E-state index contributed by atoms with van der Waals surface area (Å²) in [5.74, 6) is 0.855. The van der Waals surface area contributed by atoms with Crippen LogP contribution in [-0.4, -0.2) is 23.3 Å². The monoisotopic (exact) mass is 354 g/mol. The van der Waals surface area contributed by atoms with Crippen LogP contribution in [0.2, 0.25) is 0 Å². The van der Waals surface area contributed by atoms with Crippen LogP contribution in [0.25, 0.3) is 0 Å². The van der Waals surface area contributed by atoms with E-state index in [0.29, 0.717) is 10.8 Å². The van der Waals surface area contributed by atoms with Gasteiger partial charge in [0, 0.05) is 11.6 Å². The number of anilines is 2. The molecule has 0 aliphatic heterocycles. The number of methoxy groups -OCH3 is 1. The Morgan fingerprint density at radius 3 is 2.44 bits per heavy atom. The number of hydrogen-bond acceptors (Lipinski definition) is 5. The molecule has 0 bridgehead atoms. The number of nitrogens with zero attached hydrogens (tertiary/aromatic N) is 2. The molecule has 0 saturated carbocycles.